The highest BCUT2D eigenvalue weighted by Gasteiger charge is 2.33. The van der Waals surface area contributed by atoms with Crippen molar-refractivity contribution in [1.29, 1.82) is 0 Å². The van der Waals surface area contributed by atoms with Gasteiger partial charge in [-0.1, -0.05) is 12.8 Å². The molecule has 4 nitrogen and oxygen atoms in total. The number of imidazole rings is 1. The molecule has 0 atom stereocenters. The third-order valence-corrected chi connectivity index (χ3v) is 5.55. The number of aryl methyl sites for hydroxylation is 1. The molecule has 0 fully saturated rings. The Kier molecular flexibility index (Phi) is 6.08. The molecule has 1 aromatic carbocycles. The summed E-state index contributed by atoms with van der Waals surface area (Å²) < 4.78 is 67.6. The topological polar surface area (TPSA) is 43.6 Å². The van der Waals surface area contributed by atoms with Crippen LogP contribution in [0.2, 0.25) is 0 Å². The molecule has 4 aromatic rings. The van der Waals surface area contributed by atoms with Gasteiger partial charge in [0, 0.05) is 23.6 Å². The van der Waals surface area contributed by atoms with E-state index in [-0.39, 0.29) is 11.1 Å². The number of pyridine rings is 2. The Bertz CT molecular complexity index is 1400. The van der Waals surface area contributed by atoms with Crippen LogP contribution >= 0.6 is 11.8 Å². The molecule has 0 aliphatic heterocycles. The number of benzene rings is 1. The molecule has 0 saturated carbocycles. The number of rotatable bonds is 3. The maximum atomic E-state index is 13.4. The molecule has 3 heterocycles. The lowest BCUT2D eigenvalue weighted by atomic mass is 10.2. The summed E-state index contributed by atoms with van der Waals surface area (Å²) >= 11 is 1.49. The van der Waals surface area contributed by atoms with Crippen LogP contribution in [0.1, 0.15) is 23.9 Å². The zero-order valence-corrected chi connectivity index (χ0v) is 18.2. The van der Waals surface area contributed by atoms with Gasteiger partial charge in [-0.25, -0.2) is 23.7 Å². The van der Waals surface area contributed by atoms with Crippen molar-refractivity contribution in [2.45, 2.75) is 18.0 Å². The van der Waals surface area contributed by atoms with Crippen molar-refractivity contribution in [2.24, 2.45) is 7.05 Å². The maximum Gasteiger partial charge on any atom is 0.433 e. The molecule has 4 rings (SSSR count). The molecule has 33 heavy (non-hydrogen) atoms. The average Bonchev–Trinajstić information content (AvgIpc) is 3.08. The summed E-state index contributed by atoms with van der Waals surface area (Å²) in [6, 6.07) is 7.31. The van der Waals surface area contributed by atoms with Crippen LogP contribution in [0.25, 0.3) is 22.6 Å². The lowest BCUT2D eigenvalue weighted by Crippen LogP contribution is -2.07. The highest BCUT2D eigenvalue weighted by molar-refractivity contribution is 7.99. The van der Waals surface area contributed by atoms with Gasteiger partial charge < -0.3 is 4.57 Å². The van der Waals surface area contributed by atoms with Gasteiger partial charge in [0.05, 0.1) is 17.2 Å². The van der Waals surface area contributed by atoms with E-state index in [4.69, 9.17) is 0 Å². The van der Waals surface area contributed by atoms with Gasteiger partial charge in [0.2, 0.25) is 0 Å². The molecule has 0 spiro atoms. The first-order valence-electron chi connectivity index (χ1n) is 9.67. The van der Waals surface area contributed by atoms with Gasteiger partial charge in [-0.2, -0.15) is 13.2 Å². The van der Waals surface area contributed by atoms with Crippen LogP contribution in [0.4, 0.5) is 22.0 Å². The van der Waals surface area contributed by atoms with Crippen LogP contribution in [-0.4, -0.2) is 25.3 Å². The van der Waals surface area contributed by atoms with Gasteiger partial charge in [-0.05, 0) is 42.0 Å². The van der Waals surface area contributed by atoms with Crippen LogP contribution in [0, 0.1) is 23.5 Å². The predicted molar refractivity (Wildman–Crippen MR) is 115 cm³/mol. The normalized spacial score (nSPS) is 11.5. The summed E-state index contributed by atoms with van der Waals surface area (Å²) in [4.78, 5) is 13.2. The first-order chi connectivity index (χ1) is 15.7. The number of halogens is 5. The molecular weight excluding hydrogens is 459 g/mol. The molecule has 10 heteroatoms. The number of alkyl halides is 3. The number of aromatic nitrogens is 4. The van der Waals surface area contributed by atoms with Gasteiger partial charge >= 0.3 is 6.18 Å². The van der Waals surface area contributed by atoms with Crippen LogP contribution in [0.15, 0.2) is 47.5 Å². The van der Waals surface area contributed by atoms with Gasteiger partial charge in [0.1, 0.15) is 28.7 Å². The van der Waals surface area contributed by atoms with Gasteiger partial charge in [-0.15, -0.1) is 11.8 Å². The molecule has 0 aliphatic carbocycles. The Morgan fingerprint density at radius 3 is 2.39 bits per heavy atom. The van der Waals surface area contributed by atoms with Crippen molar-refractivity contribution in [2.75, 3.05) is 5.75 Å². The molecule has 0 unspecified atom stereocenters. The Balaban J connectivity index is 1.82. The summed E-state index contributed by atoms with van der Waals surface area (Å²) in [6.07, 6.45) is -3.46. The molecule has 0 bridgehead atoms. The van der Waals surface area contributed by atoms with E-state index < -0.39 is 23.5 Å². The summed E-state index contributed by atoms with van der Waals surface area (Å²) in [5.74, 6) is 5.05. The number of fused-ring (bicyclic) bond motifs is 1. The van der Waals surface area contributed by atoms with E-state index in [9.17, 15) is 22.0 Å². The molecule has 3 aromatic heterocycles. The van der Waals surface area contributed by atoms with Gasteiger partial charge in [-0.3, -0.25) is 0 Å². The second-order valence-electron chi connectivity index (χ2n) is 6.93. The van der Waals surface area contributed by atoms with Gasteiger partial charge in [0.15, 0.2) is 5.82 Å². The Morgan fingerprint density at radius 1 is 1.00 bits per heavy atom. The first-order valence-corrected chi connectivity index (χ1v) is 10.7. The number of hydrogen-bond acceptors (Lipinski definition) is 4. The van der Waals surface area contributed by atoms with Crippen molar-refractivity contribution < 1.29 is 22.0 Å². The smallest absolute Gasteiger partial charge is 0.325 e. The number of hydrogen-bond donors (Lipinski definition) is 0. The number of thioether (sulfide) groups is 1. The zero-order chi connectivity index (χ0) is 23.8. The molecule has 0 aliphatic rings. The van der Waals surface area contributed by atoms with Crippen LogP contribution < -0.4 is 0 Å². The lowest BCUT2D eigenvalue weighted by molar-refractivity contribution is -0.141. The van der Waals surface area contributed by atoms with Crippen molar-refractivity contribution in [3.63, 3.8) is 0 Å². The Hall–Kier alpha value is -3.45. The van der Waals surface area contributed by atoms with E-state index >= 15 is 0 Å². The SMILES string of the molecule is CCSc1ccc(C#Cc2cc(F)cc(F)c2)nc1-c1nc2cc(C(F)(F)F)ncc2n1C. The van der Waals surface area contributed by atoms with Crippen LogP contribution in [-0.2, 0) is 13.2 Å². The van der Waals surface area contributed by atoms with Gasteiger partial charge in [0.25, 0.3) is 0 Å². The van der Waals surface area contributed by atoms with E-state index in [0.717, 1.165) is 41.1 Å². The number of nitrogens with zero attached hydrogens (tertiary/aromatic N) is 4. The minimum absolute atomic E-state index is 0.135. The summed E-state index contributed by atoms with van der Waals surface area (Å²) in [5.41, 5.74) is 0.423. The van der Waals surface area contributed by atoms with E-state index in [1.165, 1.54) is 11.8 Å². The largest absolute Gasteiger partial charge is 0.433 e. The highest BCUT2D eigenvalue weighted by atomic mass is 32.2. The fourth-order valence-corrected chi connectivity index (χ4v) is 3.91. The van der Waals surface area contributed by atoms with Crippen molar-refractivity contribution >= 4 is 22.8 Å². The predicted octanol–water partition coefficient (Wildman–Crippen LogP) is 5.84. The molecule has 0 saturated heterocycles. The van der Waals surface area contributed by atoms with E-state index in [0.29, 0.717) is 22.7 Å². The van der Waals surface area contributed by atoms with E-state index in [1.54, 1.807) is 23.7 Å². The summed E-state index contributed by atoms with van der Waals surface area (Å²) in [6.45, 7) is 1.95. The third-order valence-electron chi connectivity index (χ3n) is 4.62. The lowest BCUT2D eigenvalue weighted by Gasteiger charge is -2.08. The highest BCUT2D eigenvalue weighted by Crippen LogP contribution is 2.33. The van der Waals surface area contributed by atoms with Crippen molar-refractivity contribution in [1.82, 2.24) is 19.5 Å². The Labute approximate surface area is 189 Å². The average molecular weight is 474 g/mol. The quantitative estimate of drug-likeness (QED) is 0.213. The van der Waals surface area contributed by atoms with E-state index in [2.05, 4.69) is 26.8 Å². The molecular formula is C23H15F5N4S. The molecule has 0 amide bonds. The summed E-state index contributed by atoms with van der Waals surface area (Å²) in [5, 5.41) is 0. The maximum absolute atomic E-state index is 13.4. The fraction of sp³-hybridized carbons (Fsp3) is 0.174. The second-order valence-corrected chi connectivity index (χ2v) is 8.24. The fourth-order valence-electron chi connectivity index (χ4n) is 3.17. The second kappa shape index (κ2) is 8.83. The van der Waals surface area contributed by atoms with Crippen LogP contribution in [0.5, 0.6) is 0 Å². The molecule has 0 N–H and O–H groups in total. The Morgan fingerprint density at radius 2 is 1.73 bits per heavy atom. The first kappa shape index (κ1) is 22.7. The van der Waals surface area contributed by atoms with Crippen molar-refractivity contribution in [3.05, 3.63) is 71.2 Å². The summed E-state index contributed by atoms with van der Waals surface area (Å²) in [7, 11) is 1.66. The van der Waals surface area contributed by atoms with Crippen molar-refractivity contribution in [3.8, 4) is 23.4 Å². The molecule has 168 valence electrons. The van der Waals surface area contributed by atoms with Crippen LogP contribution in [0.3, 0.4) is 0 Å². The minimum Gasteiger partial charge on any atom is -0.325 e. The van der Waals surface area contributed by atoms with E-state index in [1.807, 2.05) is 6.92 Å². The standard InChI is InChI=1S/C23H15F5N4S/c1-3-33-19-7-6-16(5-4-13-8-14(24)10-15(25)9-13)30-21(19)22-31-17-11-20(23(26,27)28)29-12-18(17)32(22)2/h6-12H,3H2,1-2H3. The molecule has 0 radical (unpaired) electrons. The third kappa shape index (κ3) is 4.83. The monoisotopic (exact) mass is 474 g/mol. The zero-order valence-electron chi connectivity index (χ0n) is 17.3. The minimum atomic E-state index is -4.58.